The molecule has 0 radical (unpaired) electrons. The average molecular weight is 426 g/mol. The Morgan fingerprint density at radius 3 is 2.48 bits per heavy atom. The summed E-state index contributed by atoms with van der Waals surface area (Å²) < 4.78 is 40.5. The highest BCUT2D eigenvalue weighted by Crippen LogP contribution is 2.39. The average Bonchev–Trinajstić information content (AvgIpc) is 3.02. The first kappa shape index (κ1) is 20.9. The van der Waals surface area contributed by atoms with Crippen molar-refractivity contribution in [1.82, 2.24) is 4.57 Å². The van der Waals surface area contributed by atoms with E-state index in [1.165, 1.54) is 6.07 Å². The number of ether oxygens (including phenoxy) is 2. The summed E-state index contributed by atoms with van der Waals surface area (Å²) in [5.41, 5.74) is 9.94. The SMILES string of the molecule is CCCc1c(-c2ccc3c(c2)OCCO3)c(C(N)=O)c(C)n1Cc1ccc(F)c(F)c1. The maximum atomic E-state index is 13.8. The summed E-state index contributed by atoms with van der Waals surface area (Å²) in [5.74, 6) is -1.06. The van der Waals surface area contributed by atoms with Gasteiger partial charge in [0.25, 0.3) is 5.91 Å². The third-order valence-corrected chi connectivity index (χ3v) is 5.52. The minimum atomic E-state index is -0.901. The van der Waals surface area contributed by atoms with E-state index in [0.717, 1.165) is 29.3 Å². The first-order valence-corrected chi connectivity index (χ1v) is 10.3. The summed E-state index contributed by atoms with van der Waals surface area (Å²) in [6.45, 7) is 5.10. The summed E-state index contributed by atoms with van der Waals surface area (Å²) in [5, 5.41) is 0. The summed E-state index contributed by atoms with van der Waals surface area (Å²) >= 11 is 0. The van der Waals surface area contributed by atoms with Gasteiger partial charge in [0.05, 0.1) is 5.56 Å². The first-order valence-electron chi connectivity index (χ1n) is 10.3. The molecule has 0 saturated heterocycles. The van der Waals surface area contributed by atoms with Crippen LogP contribution >= 0.6 is 0 Å². The molecular weight excluding hydrogens is 402 g/mol. The molecular formula is C24H24F2N2O3. The van der Waals surface area contributed by atoms with Crippen molar-refractivity contribution >= 4 is 5.91 Å². The molecule has 1 aliphatic heterocycles. The van der Waals surface area contributed by atoms with E-state index in [1.807, 2.05) is 36.6 Å². The number of hydrogen-bond donors (Lipinski definition) is 1. The van der Waals surface area contributed by atoms with Crippen LogP contribution in [-0.2, 0) is 13.0 Å². The van der Waals surface area contributed by atoms with Gasteiger partial charge in [-0.15, -0.1) is 0 Å². The normalized spacial score (nSPS) is 12.8. The van der Waals surface area contributed by atoms with E-state index in [4.69, 9.17) is 15.2 Å². The Hall–Kier alpha value is -3.35. The highest BCUT2D eigenvalue weighted by Gasteiger charge is 2.26. The van der Waals surface area contributed by atoms with Crippen LogP contribution in [0.5, 0.6) is 11.5 Å². The number of nitrogens with zero attached hydrogens (tertiary/aromatic N) is 1. The molecule has 2 N–H and O–H groups in total. The lowest BCUT2D eigenvalue weighted by molar-refractivity contribution is 0.1000. The molecule has 3 aromatic rings. The Balaban J connectivity index is 1.89. The molecule has 4 rings (SSSR count). The predicted octanol–water partition coefficient (Wildman–Crippen LogP) is 4.61. The third kappa shape index (κ3) is 3.87. The zero-order valence-corrected chi connectivity index (χ0v) is 17.5. The Bertz CT molecular complexity index is 1150. The van der Waals surface area contributed by atoms with Crippen molar-refractivity contribution < 1.29 is 23.0 Å². The van der Waals surface area contributed by atoms with Crippen LogP contribution in [-0.4, -0.2) is 23.7 Å². The smallest absolute Gasteiger partial charge is 0.251 e. The summed E-state index contributed by atoms with van der Waals surface area (Å²) in [6, 6.07) is 9.40. The van der Waals surface area contributed by atoms with Crippen molar-refractivity contribution in [3.05, 3.63) is 70.5 Å². The fourth-order valence-corrected chi connectivity index (χ4v) is 4.14. The largest absolute Gasteiger partial charge is 0.486 e. The van der Waals surface area contributed by atoms with Gasteiger partial charge < -0.3 is 19.8 Å². The lowest BCUT2D eigenvalue weighted by atomic mass is 9.97. The zero-order chi connectivity index (χ0) is 22.1. The quantitative estimate of drug-likeness (QED) is 0.626. The fraction of sp³-hybridized carbons (Fsp3) is 0.292. The van der Waals surface area contributed by atoms with Crippen molar-refractivity contribution in [2.75, 3.05) is 13.2 Å². The van der Waals surface area contributed by atoms with Gasteiger partial charge in [-0.3, -0.25) is 4.79 Å². The second-order valence-electron chi connectivity index (χ2n) is 7.59. The number of nitrogens with two attached hydrogens (primary N) is 1. The third-order valence-electron chi connectivity index (χ3n) is 5.52. The van der Waals surface area contributed by atoms with Gasteiger partial charge >= 0.3 is 0 Å². The van der Waals surface area contributed by atoms with E-state index < -0.39 is 17.5 Å². The van der Waals surface area contributed by atoms with Crippen LogP contribution in [0.4, 0.5) is 8.78 Å². The minimum Gasteiger partial charge on any atom is -0.486 e. The van der Waals surface area contributed by atoms with Gasteiger partial charge in [0.15, 0.2) is 23.1 Å². The van der Waals surface area contributed by atoms with E-state index >= 15 is 0 Å². The van der Waals surface area contributed by atoms with Crippen LogP contribution in [0.15, 0.2) is 36.4 Å². The predicted molar refractivity (Wildman–Crippen MR) is 114 cm³/mol. The molecule has 0 unspecified atom stereocenters. The number of benzene rings is 2. The maximum absolute atomic E-state index is 13.8. The second kappa shape index (κ2) is 8.41. The van der Waals surface area contributed by atoms with Gasteiger partial charge in [0, 0.05) is 23.5 Å². The molecule has 1 aromatic heterocycles. The van der Waals surface area contributed by atoms with Crippen LogP contribution in [0, 0.1) is 18.6 Å². The number of carbonyl (C=O) groups is 1. The van der Waals surface area contributed by atoms with Crippen molar-refractivity contribution in [3.63, 3.8) is 0 Å². The molecule has 31 heavy (non-hydrogen) atoms. The number of carbonyl (C=O) groups excluding carboxylic acids is 1. The van der Waals surface area contributed by atoms with Crippen LogP contribution in [0.25, 0.3) is 11.1 Å². The highest BCUT2D eigenvalue weighted by molar-refractivity contribution is 6.02. The van der Waals surface area contributed by atoms with Gasteiger partial charge in [-0.25, -0.2) is 8.78 Å². The molecule has 0 spiro atoms. The van der Waals surface area contributed by atoms with Gasteiger partial charge in [0.2, 0.25) is 0 Å². The number of hydrogen-bond acceptors (Lipinski definition) is 3. The number of rotatable bonds is 6. The Morgan fingerprint density at radius 1 is 1.06 bits per heavy atom. The molecule has 5 nitrogen and oxygen atoms in total. The van der Waals surface area contributed by atoms with E-state index in [1.54, 1.807) is 6.07 Å². The number of halogens is 2. The van der Waals surface area contributed by atoms with E-state index in [2.05, 4.69) is 0 Å². The number of aromatic nitrogens is 1. The highest BCUT2D eigenvalue weighted by atomic mass is 19.2. The minimum absolute atomic E-state index is 0.295. The maximum Gasteiger partial charge on any atom is 0.251 e. The van der Waals surface area contributed by atoms with E-state index in [9.17, 15) is 13.6 Å². The molecule has 2 heterocycles. The van der Waals surface area contributed by atoms with Crippen molar-refractivity contribution in [2.45, 2.75) is 33.2 Å². The number of primary amides is 1. The molecule has 0 bridgehead atoms. The molecule has 0 aliphatic carbocycles. The summed E-state index contributed by atoms with van der Waals surface area (Å²) in [4.78, 5) is 12.5. The van der Waals surface area contributed by atoms with Crippen LogP contribution in [0.1, 0.15) is 40.7 Å². The summed E-state index contributed by atoms with van der Waals surface area (Å²) in [7, 11) is 0. The van der Waals surface area contributed by atoms with Crippen molar-refractivity contribution in [2.24, 2.45) is 5.73 Å². The monoisotopic (exact) mass is 426 g/mol. The molecule has 162 valence electrons. The molecule has 2 aromatic carbocycles. The van der Waals surface area contributed by atoms with Crippen LogP contribution in [0.3, 0.4) is 0 Å². The lowest BCUT2D eigenvalue weighted by Gasteiger charge is -2.19. The zero-order valence-electron chi connectivity index (χ0n) is 17.5. The van der Waals surface area contributed by atoms with Crippen LogP contribution in [0.2, 0.25) is 0 Å². The van der Waals surface area contributed by atoms with Gasteiger partial charge in [-0.05, 0) is 48.7 Å². The van der Waals surface area contributed by atoms with Gasteiger partial charge in [0.1, 0.15) is 13.2 Å². The Labute approximate surface area is 179 Å². The Kier molecular flexibility index (Phi) is 5.67. The van der Waals surface area contributed by atoms with Crippen LogP contribution < -0.4 is 15.2 Å². The number of fused-ring (bicyclic) bond motifs is 1. The molecule has 0 saturated carbocycles. The molecule has 1 aliphatic rings. The van der Waals surface area contributed by atoms with Crippen molar-refractivity contribution in [3.8, 4) is 22.6 Å². The number of amides is 1. The van der Waals surface area contributed by atoms with E-state index in [-0.39, 0.29) is 0 Å². The topological polar surface area (TPSA) is 66.5 Å². The van der Waals surface area contributed by atoms with Gasteiger partial charge in [-0.1, -0.05) is 25.5 Å². The molecule has 0 atom stereocenters. The van der Waals surface area contributed by atoms with Crippen molar-refractivity contribution in [1.29, 1.82) is 0 Å². The molecule has 1 amide bonds. The molecule has 0 fully saturated rings. The fourth-order valence-electron chi connectivity index (χ4n) is 4.14. The van der Waals surface area contributed by atoms with E-state index in [0.29, 0.717) is 54.5 Å². The second-order valence-corrected chi connectivity index (χ2v) is 7.59. The van der Waals surface area contributed by atoms with Gasteiger partial charge in [-0.2, -0.15) is 0 Å². The molecule has 7 heteroatoms. The Morgan fingerprint density at radius 2 is 1.81 bits per heavy atom. The first-order chi connectivity index (χ1) is 14.9. The lowest BCUT2D eigenvalue weighted by Crippen LogP contribution is -2.15. The summed E-state index contributed by atoms with van der Waals surface area (Å²) in [6.07, 6.45) is 1.51. The standard InChI is InChI=1S/C24H24F2N2O3/c1-3-4-19-23(16-6-8-20-21(12-16)31-10-9-30-20)22(24(27)29)14(2)28(19)13-15-5-7-17(25)18(26)11-15/h5-8,11-12H,3-4,9-10,13H2,1-2H3,(H2,27,29).